The first-order chi connectivity index (χ1) is 21.2. The van der Waals surface area contributed by atoms with Gasteiger partial charge in [-0.05, 0) is 67.9 Å². The van der Waals surface area contributed by atoms with Crippen LogP contribution in [0.2, 0.25) is 0 Å². The van der Waals surface area contributed by atoms with E-state index < -0.39 is 28.4 Å². The molecule has 44 heavy (non-hydrogen) atoms. The van der Waals surface area contributed by atoms with Gasteiger partial charge in [-0.3, -0.25) is 13.9 Å². The highest BCUT2D eigenvalue weighted by molar-refractivity contribution is 7.92. The van der Waals surface area contributed by atoms with E-state index in [0.717, 1.165) is 9.87 Å². The molecule has 0 aromatic heterocycles. The lowest BCUT2D eigenvalue weighted by Gasteiger charge is -2.25. The zero-order valence-corrected chi connectivity index (χ0v) is 25.8. The lowest BCUT2D eigenvalue weighted by molar-refractivity contribution is -0.114. The van der Waals surface area contributed by atoms with E-state index in [-0.39, 0.29) is 33.6 Å². The van der Waals surface area contributed by atoms with E-state index in [2.05, 4.69) is 10.6 Å². The number of nitrogens with zero attached hydrogens (tertiary/aromatic N) is 1. The zero-order valence-electron chi connectivity index (χ0n) is 24.9. The van der Waals surface area contributed by atoms with Gasteiger partial charge < -0.3 is 24.8 Å². The fourth-order valence-electron chi connectivity index (χ4n) is 4.50. The molecule has 4 aromatic rings. The molecule has 0 unspecified atom stereocenters. The minimum Gasteiger partial charge on any atom is -0.494 e. The van der Waals surface area contributed by atoms with Gasteiger partial charge in [0.2, 0.25) is 5.91 Å². The highest BCUT2D eigenvalue weighted by Gasteiger charge is 2.29. The fourth-order valence-corrected chi connectivity index (χ4v) is 5.94. The SMILES string of the molecule is CCOc1ccc(N(CC(=O)Nc2ccccc2C(=O)N[C@H](C)c2ccccc2)S(=O)(=O)c2ccc(OC)c(OC)c2)cc1. The topological polar surface area (TPSA) is 123 Å². The Labute approximate surface area is 257 Å². The number of hydrogen-bond donors (Lipinski definition) is 2. The van der Waals surface area contributed by atoms with Crippen LogP contribution in [-0.2, 0) is 14.8 Å². The fraction of sp³-hybridized carbons (Fsp3) is 0.212. The van der Waals surface area contributed by atoms with Gasteiger partial charge in [0.25, 0.3) is 15.9 Å². The smallest absolute Gasteiger partial charge is 0.264 e. The van der Waals surface area contributed by atoms with Gasteiger partial charge in [0.1, 0.15) is 12.3 Å². The molecule has 0 aliphatic carbocycles. The third-order valence-electron chi connectivity index (χ3n) is 6.76. The van der Waals surface area contributed by atoms with Crippen molar-refractivity contribution in [1.29, 1.82) is 0 Å². The van der Waals surface area contributed by atoms with Gasteiger partial charge in [-0.25, -0.2) is 8.42 Å². The van der Waals surface area contributed by atoms with Gasteiger partial charge in [-0.1, -0.05) is 42.5 Å². The van der Waals surface area contributed by atoms with Gasteiger partial charge in [0.05, 0.1) is 48.7 Å². The Hall–Kier alpha value is -5.03. The number of hydrogen-bond acceptors (Lipinski definition) is 7. The number of para-hydroxylation sites is 1. The first-order valence-electron chi connectivity index (χ1n) is 13.9. The van der Waals surface area contributed by atoms with E-state index in [0.29, 0.717) is 18.1 Å². The van der Waals surface area contributed by atoms with E-state index in [9.17, 15) is 18.0 Å². The highest BCUT2D eigenvalue weighted by Crippen LogP contribution is 2.33. The van der Waals surface area contributed by atoms with Crippen LogP contribution < -0.4 is 29.1 Å². The molecule has 0 aliphatic rings. The number of anilines is 2. The molecule has 4 rings (SSSR count). The van der Waals surface area contributed by atoms with Gasteiger partial charge in [-0.15, -0.1) is 0 Å². The van der Waals surface area contributed by atoms with Gasteiger partial charge in [-0.2, -0.15) is 0 Å². The summed E-state index contributed by atoms with van der Waals surface area (Å²) in [6, 6.07) is 26.3. The molecular weight excluding hydrogens is 582 g/mol. The second-order valence-electron chi connectivity index (χ2n) is 9.65. The number of ether oxygens (including phenoxy) is 3. The molecule has 2 amide bonds. The predicted octanol–water partition coefficient (Wildman–Crippen LogP) is 5.43. The monoisotopic (exact) mass is 617 g/mol. The van der Waals surface area contributed by atoms with Crippen LogP contribution in [0.3, 0.4) is 0 Å². The second kappa shape index (κ2) is 14.4. The van der Waals surface area contributed by atoms with Gasteiger partial charge in [0, 0.05) is 6.07 Å². The van der Waals surface area contributed by atoms with Crippen molar-refractivity contribution in [3.05, 3.63) is 108 Å². The number of nitrogens with one attached hydrogen (secondary N) is 2. The van der Waals surface area contributed by atoms with Crippen molar-refractivity contribution in [2.45, 2.75) is 24.8 Å². The van der Waals surface area contributed by atoms with Crippen LogP contribution in [-0.4, -0.2) is 47.6 Å². The Kier molecular flexibility index (Phi) is 10.5. The van der Waals surface area contributed by atoms with Crippen LogP contribution >= 0.6 is 0 Å². The van der Waals surface area contributed by atoms with Crippen molar-refractivity contribution >= 4 is 33.2 Å². The minimum atomic E-state index is -4.28. The molecule has 0 radical (unpaired) electrons. The molecule has 4 aromatic carbocycles. The molecule has 10 nitrogen and oxygen atoms in total. The summed E-state index contributed by atoms with van der Waals surface area (Å²) in [5, 5.41) is 5.67. The van der Waals surface area contributed by atoms with E-state index >= 15 is 0 Å². The summed E-state index contributed by atoms with van der Waals surface area (Å²) in [5.41, 5.74) is 1.64. The molecule has 0 aliphatic heterocycles. The summed E-state index contributed by atoms with van der Waals surface area (Å²) in [7, 11) is -1.43. The number of carbonyl (C=O) groups excluding carboxylic acids is 2. The van der Waals surface area contributed by atoms with Gasteiger partial charge >= 0.3 is 0 Å². The molecule has 2 N–H and O–H groups in total. The van der Waals surface area contributed by atoms with E-state index in [1.165, 1.54) is 32.4 Å². The van der Waals surface area contributed by atoms with Crippen molar-refractivity contribution in [3.8, 4) is 17.2 Å². The maximum Gasteiger partial charge on any atom is 0.264 e. The summed E-state index contributed by atoms with van der Waals surface area (Å²) in [6.45, 7) is 3.56. The van der Waals surface area contributed by atoms with Crippen molar-refractivity contribution < 1.29 is 32.2 Å². The number of sulfonamides is 1. The lowest BCUT2D eigenvalue weighted by atomic mass is 10.1. The molecule has 230 valence electrons. The largest absolute Gasteiger partial charge is 0.494 e. The average Bonchev–Trinajstić information content (AvgIpc) is 3.04. The number of amides is 2. The van der Waals surface area contributed by atoms with Crippen LogP contribution in [0.15, 0.2) is 102 Å². The molecule has 0 spiro atoms. The molecule has 0 saturated carbocycles. The van der Waals surface area contributed by atoms with E-state index in [4.69, 9.17) is 14.2 Å². The van der Waals surface area contributed by atoms with Crippen molar-refractivity contribution in [1.82, 2.24) is 5.32 Å². The van der Waals surface area contributed by atoms with Gasteiger partial charge in [0.15, 0.2) is 11.5 Å². The second-order valence-corrected chi connectivity index (χ2v) is 11.5. The van der Waals surface area contributed by atoms with Crippen LogP contribution in [0.1, 0.15) is 35.8 Å². The standard InChI is InChI=1S/C33H35N3O7S/c1-5-43-26-17-15-25(16-18-26)36(44(39,40)27-19-20-30(41-3)31(21-27)42-4)22-32(37)35-29-14-10-9-13-28(29)33(38)34-23(2)24-11-7-6-8-12-24/h6-21,23H,5,22H2,1-4H3,(H,34,38)(H,35,37)/t23-/m1/s1. The lowest BCUT2D eigenvalue weighted by Crippen LogP contribution is -2.38. The maximum absolute atomic E-state index is 14.0. The Bertz CT molecular complexity index is 1690. The predicted molar refractivity (Wildman–Crippen MR) is 169 cm³/mol. The average molecular weight is 618 g/mol. The maximum atomic E-state index is 14.0. The summed E-state index contributed by atoms with van der Waals surface area (Å²) in [5.74, 6) is 0.0781. The number of carbonyl (C=O) groups is 2. The summed E-state index contributed by atoms with van der Waals surface area (Å²) in [4.78, 5) is 26.6. The quantitative estimate of drug-likeness (QED) is 0.205. The Morgan fingerprint density at radius 1 is 0.841 bits per heavy atom. The minimum absolute atomic E-state index is 0.105. The highest BCUT2D eigenvalue weighted by atomic mass is 32.2. The number of methoxy groups -OCH3 is 2. The summed E-state index contributed by atoms with van der Waals surface area (Å²) < 4.78 is 45.0. The zero-order chi connectivity index (χ0) is 31.7. The molecular formula is C33H35N3O7S. The van der Waals surface area contributed by atoms with Crippen molar-refractivity contribution in [2.24, 2.45) is 0 Å². The molecule has 1 atom stereocenters. The van der Waals surface area contributed by atoms with Crippen molar-refractivity contribution in [3.63, 3.8) is 0 Å². The third kappa shape index (κ3) is 7.48. The Morgan fingerprint density at radius 2 is 1.50 bits per heavy atom. The first-order valence-corrected chi connectivity index (χ1v) is 15.3. The Morgan fingerprint density at radius 3 is 2.16 bits per heavy atom. The van der Waals surface area contributed by atoms with Crippen LogP contribution in [0.5, 0.6) is 17.2 Å². The Balaban J connectivity index is 1.62. The normalized spacial score (nSPS) is 11.6. The summed E-state index contributed by atoms with van der Waals surface area (Å²) >= 11 is 0. The first kappa shape index (κ1) is 31.9. The summed E-state index contributed by atoms with van der Waals surface area (Å²) in [6.07, 6.45) is 0. The number of benzene rings is 4. The van der Waals surface area contributed by atoms with Crippen LogP contribution in [0, 0.1) is 0 Å². The third-order valence-corrected chi connectivity index (χ3v) is 8.53. The molecule has 0 fully saturated rings. The van der Waals surface area contributed by atoms with E-state index in [1.54, 1.807) is 48.5 Å². The van der Waals surface area contributed by atoms with Crippen LogP contribution in [0.4, 0.5) is 11.4 Å². The molecule has 11 heteroatoms. The molecule has 0 saturated heterocycles. The number of rotatable bonds is 13. The molecule has 0 heterocycles. The van der Waals surface area contributed by atoms with E-state index in [1.807, 2.05) is 44.2 Å². The van der Waals surface area contributed by atoms with Crippen LogP contribution in [0.25, 0.3) is 0 Å². The molecule has 0 bridgehead atoms. The van der Waals surface area contributed by atoms with Crippen molar-refractivity contribution in [2.75, 3.05) is 37.0 Å².